The van der Waals surface area contributed by atoms with Gasteiger partial charge in [0.15, 0.2) is 0 Å². The van der Waals surface area contributed by atoms with Crippen LogP contribution in [0, 0.1) is 11.3 Å². The van der Waals surface area contributed by atoms with Crippen LogP contribution in [0.25, 0.3) is 0 Å². The Morgan fingerprint density at radius 1 is 1.38 bits per heavy atom. The maximum Gasteiger partial charge on any atom is 0.401 e. The molecule has 0 aromatic rings. The minimum absolute atomic E-state index is 0.0352. The summed E-state index contributed by atoms with van der Waals surface area (Å²) < 4.78 is 36.1. The van der Waals surface area contributed by atoms with E-state index in [1.807, 2.05) is 6.07 Å². The first kappa shape index (κ1) is 14.7. The zero-order valence-corrected chi connectivity index (χ0v) is 8.63. The van der Waals surface area contributed by atoms with Gasteiger partial charge < -0.3 is 5.11 Å². The average Bonchev–Trinajstić information content (AvgIpc) is 2.08. The van der Waals surface area contributed by atoms with E-state index in [1.165, 1.54) is 0 Å². The van der Waals surface area contributed by atoms with E-state index in [1.54, 1.807) is 0 Å². The molecule has 16 heavy (non-hydrogen) atoms. The Kier molecular flexibility index (Phi) is 6.49. The fraction of sp³-hybridized carbons (Fsp3) is 0.778. The van der Waals surface area contributed by atoms with E-state index in [-0.39, 0.29) is 13.0 Å². The normalized spacial score (nSPS) is 11.4. The molecule has 0 saturated heterocycles. The van der Waals surface area contributed by atoms with Crippen LogP contribution in [0.1, 0.15) is 19.3 Å². The van der Waals surface area contributed by atoms with E-state index in [4.69, 9.17) is 10.4 Å². The van der Waals surface area contributed by atoms with E-state index in [9.17, 15) is 18.0 Å². The molecule has 0 heterocycles. The van der Waals surface area contributed by atoms with Crippen molar-refractivity contribution in [2.24, 2.45) is 0 Å². The van der Waals surface area contributed by atoms with E-state index in [0.717, 1.165) is 4.90 Å². The molecule has 0 fully saturated rings. The molecule has 7 heteroatoms. The molecule has 0 atom stereocenters. The van der Waals surface area contributed by atoms with Crippen molar-refractivity contribution in [1.29, 1.82) is 5.26 Å². The number of halogens is 3. The van der Waals surface area contributed by atoms with Crippen molar-refractivity contribution in [2.45, 2.75) is 25.4 Å². The summed E-state index contributed by atoms with van der Waals surface area (Å²) in [6, 6.07) is 1.87. The number of hydrogen-bond donors (Lipinski definition) is 1. The smallest absolute Gasteiger partial charge is 0.401 e. The predicted octanol–water partition coefficient (Wildman–Crippen LogP) is 1.63. The molecule has 0 aromatic carbocycles. The van der Waals surface area contributed by atoms with E-state index in [0.29, 0.717) is 12.8 Å². The van der Waals surface area contributed by atoms with Crippen LogP contribution in [0.2, 0.25) is 0 Å². The first-order chi connectivity index (χ1) is 7.35. The molecule has 0 amide bonds. The molecule has 92 valence electrons. The van der Waals surface area contributed by atoms with Crippen molar-refractivity contribution in [1.82, 2.24) is 4.90 Å². The molecule has 0 rings (SSSR count). The first-order valence-electron chi connectivity index (χ1n) is 4.73. The monoisotopic (exact) mass is 238 g/mol. The number of alkyl halides is 3. The van der Waals surface area contributed by atoms with Crippen molar-refractivity contribution in [2.75, 3.05) is 19.6 Å². The van der Waals surface area contributed by atoms with Crippen LogP contribution in [-0.2, 0) is 4.79 Å². The third-order valence-electron chi connectivity index (χ3n) is 1.77. The molecule has 0 aliphatic rings. The lowest BCUT2D eigenvalue weighted by Gasteiger charge is -2.21. The maximum atomic E-state index is 12.0. The van der Waals surface area contributed by atoms with Crippen LogP contribution >= 0.6 is 0 Å². The quantitative estimate of drug-likeness (QED) is 0.684. The highest BCUT2D eigenvalue weighted by atomic mass is 19.4. The molecule has 4 nitrogen and oxygen atoms in total. The van der Waals surface area contributed by atoms with Gasteiger partial charge >= 0.3 is 12.1 Å². The number of aliphatic carboxylic acids is 1. The molecular weight excluding hydrogens is 225 g/mol. The SMILES string of the molecule is N#CCCCCN(CC(=O)O)CC(F)(F)F. The van der Waals surface area contributed by atoms with Gasteiger partial charge in [-0.3, -0.25) is 9.69 Å². The second-order valence-corrected chi connectivity index (χ2v) is 3.33. The van der Waals surface area contributed by atoms with Gasteiger partial charge in [-0.15, -0.1) is 0 Å². The summed E-state index contributed by atoms with van der Waals surface area (Å²) in [5.41, 5.74) is 0. The van der Waals surface area contributed by atoms with Crippen LogP contribution in [0.3, 0.4) is 0 Å². The summed E-state index contributed by atoms with van der Waals surface area (Å²) in [5, 5.41) is 16.6. The maximum absolute atomic E-state index is 12.0. The van der Waals surface area contributed by atoms with Crippen LogP contribution in [-0.4, -0.2) is 41.8 Å². The fourth-order valence-corrected chi connectivity index (χ4v) is 1.20. The highest BCUT2D eigenvalue weighted by Crippen LogP contribution is 2.16. The summed E-state index contributed by atoms with van der Waals surface area (Å²) in [7, 11) is 0. The summed E-state index contributed by atoms with van der Waals surface area (Å²) in [6.45, 7) is -1.83. The highest BCUT2D eigenvalue weighted by molar-refractivity contribution is 5.69. The second kappa shape index (κ2) is 7.06. The van der Waals surface area contributed by atoms with Gasteiger partial charge in [0.1, 0.15) is 0 Å². The number of carboxylic acid groups (broad SMARTS) is 1. The van der Waals surface area contributed by atoms with Gasteiger partial charge in [0.05, 0.1) is 19.2 Å². The van der Waals surface area contributed by atoms with Crippen LogP contribution < -0.4 is 0 Å². The summed E-state index contributed by atoms with van der Waals surface area (Å²) in [4.78, 5) is 11.1. The predicted molar refractivity (Wildman–Crippen MR) is 49.6 cm³/mol. The fourth-order valence-electron chi connectivity index (χ4n) is 1.20. The Balaban J connectivity index is 4.01. The van der Waals surface area contributed by atoms with Crippen LogP contribution in [0.4, 0.5) is 13.2 Å². The zero-order valence-electron chi connectivity index (χ0n) is 8.63. The van der Waals surface area contributed by atoms with Gasteiger partial charge in [-0.2, -0.15) is 18.4 Å². The standard InChI is InChI=1S/C9H13F3N2O2/c10-9(11,12)7-14(6-8(15)16)5-3-1-2-4-13/h1-3,5-7H2,(H,15,16). The number of nitrogens with zero attached hydrogens (tertiary/aromatic N) is 2. The van der Waals surface area contributed by atoms with Gasteiger partial charge in [0, 0.05) is 6.42 Å². The molecule has 0 spiro atoms. The first-order valence-corrected chi connectivity index (χ1v) is 4.73. The minimum atomic E-state index is -4.40. The van der Waals surface area contributed by atoms with Gasteiger partial charge in [-0.05, 0) is 19.4 Å². The lowest BCUT2D eigenvalue weighted by molar-refractivity contribution is -0.154. The molecule has 0 aliphatic heterocycles. The second-order valence-electron chi connectivity index (χ2n) is 3.33. The van der Waals surface area contributed by atoms with Crippen molar-refractivity contribution in [3.63, 3.8) is 0 Å². The van der Waals surface area contributed by atoms with Gasteiger partial charge in [-0.1, -0.05) is 0 Å². The van der Waals surface area contributed by atoms with Crippen molar-refractivity contribution < 1.29 is 23.1 Å². The molecule has 1 N–H and O–H groups in total. The van der Waals surface area contributed by atoms with Crippen molar-refractivity contribution in [3.05, 3.63) is 0 Å². The molecule has 0 radical (unpaired) electrons. The lowest BCUT2D eigenvalue weighted by atomic mass is 10.2. The number of unbranched alkanes of at least 4 members (excludes halogenated alkanes) is 2. The van der Waals surface area contributed by atoms with Crippen molar-refractivity contribution >= 4 is 5.97 Å². The van der Waals surface area contributed by atoms with Crippen LogP contribution in [0.15, 0.2) is 0 Å². The average molecular weight is 238 g/mol. The lowest BCUT2D eigenvalue weighted by Crippen LogP contribution is -2.38. The molecule has 0 saturated carbocycles. The summed E-state index contributed by atoms with van der Waals surface area (Å²) in [5.74, 6) is -1.29. The number of carboxylic acids is 1. The van der Waals surface area contributed by atoms with Gasteiger partial charge in [-0.25, -0.2) is 0 Å². The Labute approximate surface area is 91.3 Å². The third-order valence-corrected chi connectivity index (χ3v) is 1.77. The molecule has 0 unspecified atom stereocenters. The van der Waals surface area contributed by atoms with E-state index >= 15 is 0 Å². The Morgan fingerprint density at radius 2 is 2.00 bits per heavy atom. The topological polar surface area (TPSA) is 64.3 Å². The Hall–Kier alpha value is -1.29. The summed E-state index contributed by atoms with van der Waals surface area (Å²) >= 11 is 0. The number of rotatable bonds is 7. The van der Waals surface area contributed by atoms with E-state index in [2.05, 4.69) is 0 Å². The largest absolute Gasteiger partial charge is 0.480 e. The zero-order chi connectivity index (χ0) is 12.6. The summed E-state index contributed by atoms with van der Waals surface area (Å²) in [6.07, 6.45) is -3.26. The van der Waals surface area contributed by atoms with Crippen molar-refractivity contribution in [3.8, 4) is 6.07 Å². The number of carbonyl (C=O) groups is 1. The third kappa shape index (κ3) is 9.27. The number of hydrogen-bond acceptors (Lipinski definition) is 3. The van der Waals surface area contributed by atoms with Gasteiger partial charge in [0.2, 0.25) is 0 Å². The highest BCUT2D eigenvalue weighted by Gasteiger charge is 2.31. The Bertz CT molecular complexity index is 260. The van der Waals surface area contributed by atoms with Crippen LogP contribution in [0.5, 0.6) is 0 Å². The molecule has 0 aromatic heterocycles. The Morgan fingerprint density at radius 3 is 2.44 bits per heavy atom. The molecule has 0 bridgehead atoms. The van der Waals surface area contributed by atoms with Gasteiger partial charge in [0.25, 0.3) is 0 Å². The molecular formula is C9H13F3N2O2. The minimum Gasteiger partial charge on any atom is -0.480 e. The number of nitriles is 1. The van der Waals surface area contributed by atoms with E-state index < -0.39 is 25.2 Å². The molecule has 0 aliphatic carbocycles.